The molecule has 2 aromatic carbocycles. The molecule has 0 aromatic heterocycles. The molecule has 0 unspecified atom stereocenters. The van der Waals surface area contributed by atoms with Crippen molar-refractivity contribution in [1.29, 1.82) is 0 Å². The maximum absolute atomic E-state index is 9.69. The van der Waals surface area contributed by atoms with Crippen molar-refractivity contribution >= 4 is 35.6 Å². The molecule has 0 bridgehead atoms. The van der Waals surface area contributed by atoms with E-state index in [0.29, 0.717) is 18.3 Å². The molecule has 0 aliphatic carbocycles. The lowest BCUT2D eigenvalue weighted by atomic mass is 9.79. The standard InChI is InChI=1S/C15H15BN2O2S/c19-16-14-8-13(7-6-12(14)10-20-16)18-15(21)17-9-11-4-2-1-3-5-11/h1-8,19H,9-10H2,(H2,17,18,21). The minimum Gasteiger partial charge on any atom is -0.423 e. The molecule has 6 heteroatoms. The van der Waals surface area contributed by atoms with Crippen molar-refractivity contribution in [1.82, 2.24) is 5.32 Å². The molecule has 0 radical (unpaired) electrons. The van der Waals surface area contributed by atoms with Crippen LogP contribution in [0.1, 0.15) is 11.1 Å². The number of nitrogens with one attached hydrogen (secondary N) is 2. The number of benzene rings is 2. The zero-order valence-corrected chi connectivity index (χ0v) is 12.2. The van der Waals surface area contributed by atoms with Crippen molar-refractivity contribution in [2.45, 2.75) is 13.2 Å². The highest BCUT2D eigenvalue weighted by Gasteiger charge is 2.27. The van der Waals surface area contributed by atoms with Gasteiger partial charge in [-0.15, -0.1) is 0 Å². The van der Waals surface area contributed by atoms with Gasteiger partial charge in [0.1, 0.15) is 0 Å². The summed E-state index contributed by atoms with van der Waals surface area (Å²) in [5.41, 5.74) is 3.81. The second-order valence-electron chi connectivity index (χ2n) is 4.87. The molecule has 4 nitrogen and oxygen atoms in total. The Morgan fingerprint density at radius 3 is 2.86 bits per heavy atom. The third kappa shape index (κ3) is 3.42. The molecule has 3 N–H and O–H groups in total. The van der Waals surface area contributed by atoms with Gasteiger partial charge in [0.05, 0.1) is 6.61 Å². The third-order valence-electron chi connectivity index (χ3n) is 3.36. The number of rotatable bonds is 3. The van der Waals surface area contributed by atoms with Gasteiger partial charge in [0.25, 0.3) is 0 Å². The Bertz CT molecular complexity index is 651. The van der Waals surface area contributed by atoms with Gasteiger partial charge in [0, 0.05) is 12.2 Å². The fraction of sp³-hybridized carbons (Fsp3) is 0.133. The van der Waals surface area contributed by atoms with Crippen LogP contribution in [0.2, 0.25) is 0 Å². The van der Waals surface area contributed by atoms with Crippen LogP contribution in [0, 0.1) is 0 Å². The summed E-state index contributed by atoms with van der Waals surface area (Å²) in [5, 5.41) is 16.5. The molecule has 21 heavy (non-hydrogen) atoms. The summed E-state index contributed by atoms with van der Waals surface area (Å²) in [7, 11) is -0.840. The van der Waals surface area contributed by atoms with Crippen LogP contribution in [-0.2, 0) is 17.8 Å². The maximum Gasteiger partial charge on any atom is 0.491 e. The molecular weight excluding hydrogens is 283 g/mol. The largest absolute Gasteiger partial charge is 0.491 e. The van der Waals surface area contributed by atoms with Gasteiger partial charge in [-0.3, -0.25) is 0 Å². The molecule has 106 valence electrons. The van der Waals surface area contributed by atoms with Crippen LogP contribution in [-0.4, -0.2) is 17.3 Å². The average Bonchev–Trinajstić information content (AvgIpc) is 2.87. The molecule has 1 aliphatic rings. The van der Waals surface area contributed by atoms with E-state index >= 15 is 0 Å². The van der Waals surface area contributed by atoms with E-state index in [0.717, 1.165) is 16.7 Å². The van der Waals surface area contributed by atoms with E-state index in [9.17, 15) is 5.02 Å². The summed E-state index contributed by atoms with van der Waals surface area (Å²) in [6, 6.07) is 15.8. The number of anilines is 1. The molecule has 0 saturated carbocycles. The number of hydrogen-bond acceptors (Lipinski definition) is 3. The lowest BCUT2D eigenvalue weighted by Crippen LogP contribution is -2.30. The third-order valence-corrected chi connectivity index (χ3v) is 3.61. The van der Waals surface area contributed by atoms with Crippen molar-refractivity contribution in [2.24, 2.45) is 0 Å². The molecule has 1 heterocycles. The van der Waals surface area contributed by atoms with Crippen molar-refractivity contribution < 1.29 is 9.68 Å². The Morgan fingerprint density at radius 2 is 2.05 bits per heavy atom. The normalized spacial score (nSPS) is 12.9. The fourth-order valence-corrected chi connectivity index (χ4v) is 2.44. The van der Waals surface area contributed by atoms with E-state index in [2.05, 4.69) is 10.6 Å². The smallest absolute Gasteiger partial charge is 0.423 e. The van der Waals surface area contributed by atoms with E-state index in [1.54, 1.807) is 0 Å². The molecule has 0 spiro atoms. The summed E-state index contributed by atoms with van der Waals surface area (Å²) < 4.78 is 5.17. The topological polar surface area (TPSA) is 53.5 Å². The first-order valence-corrected chi connectivity index (χ1v) is 7.14. The highest BCUT2D eigenvalue weighted by molar-refractivity contribution is 7.80. The number of hydrogen-bond donors (Lipinski definition) is 3. The van der Waals surface area contributed by atoms with E-state index in [4.69, 9.17) is 16.9 Å². The Hall–Kier alpha value is -1.89. The van der Waals surface area contributed by atoms with Crippen LogP contribution < -0.4 is 16.1 Å². The van der Waals surface area contributed by atoms with Crippen LogP contribution in [0.15, 0.2) is 48.5 Å². The summed E-state index contributed by atoms with van der Waals surface area (Å²) in [4.78, 5) is 0. The highest BCUT2D eigenvalue weighted by Crippen LogP contribution is 2.14. The first kappa shape index (κ1) is 14.1. The summed E-state index contributed by atoms with van der Waals surface area (Å²) in [5.74, 6) is 0. The SMILES string of the molecule is OB1OCc2ccc(NC(=S)NCc3ccccc3)cc21. The Labute approximate surface area is 129 Å². The van der Waals surface area contributed by atoms with Gasteiger partial charge in [0.15, 0.2) is 5.11 Å². The van der Waals surface area contributed by atoms with Crippen LogP contribution in [0.3, 0.4) is 0 Å². The zero-order valence-electron chi connectivity index (χ0n) is 11.4. The van der Waals surface area contributed by atoms with Crippen molar-refractivity contribution in [2.75, 3.05) is 5.32 Å². The van der Waals surface area contributed by atoms with Gasteiger partial charge in [-0.1, -0.05) is 36.4 Å². The van der Waals surface area contributed by atoms with E-state index in [-0.39, 0.29) is 0 Å². The van der Waals surface area contributed by atoms with Gasteiger partial charge in [-0.05, 0) is 40.9 Å². The number of fused-ring (bicyclic) bond motifs is 1. The second kappa shape index (κ2) is 6.26. The van der Waals surface area contributed by atoms with Gasteiger partial charge in [-0.2, -0.15) is 0 Å². The lowest BCUT2D eigenvalue weighted by Gasteiger charge is -2.11. The fourth-order valence-electron chi connectivity index (χ4n) is 2.25. The van der Waals surface area contributed by atoms with Crippen LogP contribution in [0.25, 0.3) is 0 Å². The Balaban J connectivity index is 1.59. The van der Waals surface area contributed by atoms with Crippen LogP contribution in [0.4, 0.5) is 5.69 Å². The molecule has 0 fully saturated rings. The minimum absolute atomic E-state index is 0.452. The monoisotopic (exact) mass is 298 g/mol. The van der Waals surface area contributed by atoms with Gasteiger partial charge in [0.2, 0.25) is 0 Å². The summed E-state index contributed by atoms with van der Waals surface area (Å²) in [6.07, 6.45) is 0. The second-order valence-corrected chi connectivity index (χ2v) is 5.28. The average molecular weight is 298 g/mol. The molecular formula is C15H15BN2O2S. The predicted octanol–water partition coefficient (Wildman–Crippen LogP) is 1.39. The highest BCUT2D eigenvalue weighted by atomic mass is 32.1. The Morgan fingerprint density at radius 1 is 1.24 bits per heavy atom. The quantitative estimate of drug-likeness (QED) is 0.590. The number of thiocarbonyl (C=S) groups is 1. The molecule has 0 atom stereocenters. The molecule has 0 amide bonds. The first-order chi connectivity index (χ1) is 10.2. The molecule has 0 saturated heterocycles. The molecule has 3 rings (SSSR count). The summed E-state index contributed by atoms with van der Waals surface area (Å²) in [6.45, 7) is 1.12. The zero-order chi connectivity index (χ0) is 14.7. The lowest BCUT2D eigenvalue weighted by molar-refractivity contribution is 0.275. The molecule has 2 aromatic rings. The molecule has 1 aliphatic heterocycles. The summed E-state index contributed by atoms with van der Waals surface area (Å²) >= 11 is 5.28. The Kier molecular flexibility index (Phi) is 4.19. The van der Waals surface area contributed by atoms with E-state index < -0.39 is 7.12 Å². The predicted molar refractivity (Wildman–Crippen MR) is 88.3 cm³/mol. The van der Waals surface area contributed by atoms with Gasteiger partial charge < -0.3 is 20.3 Å². The van der Waals surface area contributed by atoms with Crippen LogP contribution >= 0.6 is 12.2 Å². The van der Waals surface area contributed by atoms with Gasteiger partial charge >= 0.3 is 7.12 Å². The van der Waals surface area contributed by atoms with Crippen molar-refractivity contribution in [3.8, 4) is 0 Å². The van der Waals surface area contributed by atoms with Crippen LogP contribution in [0.5, 0.6) is 0 Å². The first-order valence-electron chi connectivity index (χ1n) is 6.73. The van der Waals surface area contributed by atoms with E-state index in [1.165, 1.54) is 5.56 Å². The minimum atomic E-state index is -0.840. The van der Waals surface area contributed by atoms with Crippen molar-refractivity contribution in [3.63, 3.8) is 0 Å². The van der Waals surface area contributed by atoms with E-state index in [1.807, 2.05) is 48.5 Å². The maximum atomic E-state index is 9.69. The van der Waals surface area contributed by atoms with Crippen molar-refractivity contribution in [3.05, 3.63) is 59.7 Å². The van der Waals surface area contributed by atoms with Gasteiger partial charge in [-0.25, -0.2) is 0 Å².